The Labute approximate surface area is 130 Å². The van der Waals surface area contributed by atoms with Gasteiger partial charge in [0.05, 0.1) is 5.02 Å². The van der Waals surface area contributed by atoms with Gasteiger partial charge in [0.25, 0.3) is 0 Å². The molecular formula is C15H11ClN2S2. The normalized spacial score (nSPS) is 10.7. The van der Waals surface area contributed by atoms with Gasteiger partial charge in [-0.3, -0.25) is 0 Å². The van der Waals surface area contributed by atoms with Crippen molar-refractivity contribution in [2.75, 3.05) is 0 Å². The van der Waals surface area contributed by atoms with Crippen molar-refractivity contribution in [3.8, 4) is 10.6 Å². The highest BCUT2D eigenvalue weighted by Crippen LogP contribution is 2.34. The quantitative estimate of drug-likeness (QED) is 0.622. The van der Waals surface area contributed by atoms with E-state index >= 15 is 0 Å². The molecule has 5 heteroatoms. The molecule has 1 heterocycles. The van der Waals surface area contributed by atoms with Gasteiger partial charge in [-0.15, -0.1) is 10.2 Å². The first-order valence-corrected chi connectivity index (χ1v) is 8.26. The van der Waals surface area contributed by atoms with Crippen molar-refractivity contribution in [2.45, 2.75) is 10.1 Å². The first-order valence-electron chi connectivity index (χ1n) is 6.08. The van der Waals surface area contributed by atoms with E-state index in [-0.39, 0.29) is 0 Å². The lowest BCUT2D eigenvalue weighted by Crippen LogP contribution is -1.79. The van der Waals surface area contributed by atoms with Gasteiger partial charge in [-0.1, -0.05) is 83.2 Å². The maximum absolute atomic E-state index is 6.17. The Hall–Kier alpha value is -1.36. The topological polar surface area (TPSA) is 25.8 Å². The first kappa shape index (κ1) is 13.6. The molecule has 0 saturated carbocycles. The molecule has 0 unspecified atom stereocenters. The molecule has 0 aliphatic rings. The van der Waals surface area contributed by atoms with Crippen LogP contribution in [0.1, 0.15) is 5.56 Å². The molecule has 0 saturated heterocycles. The van der Waals surface area contributed by atoms with Crippen molar-refractivity contribution in [3.05, 3.63) is 65.2 Å². The summed E-state index contributed by atoms with van der Waals surface area (Å²) in [5, 5.41) is 10.0. The number of nitrogens with zero attached hydrogens (tertiary/aromatic N) is 2. The van der Waals surface area contributed by atoms with E-state index < -0.39 is 0 Å². The molecule has 3 rings (SSSR count). The Kier molecular flexibility index (Phi) is 4.35. The fourth-order valence-electron chi connectivity index (χ4n) is 1.73. The molecule has 0 amide bonds. The van der Waals surface area contributed by atoms with Gasteiger partial charge >= 0.3 is 0 Å². The molecule has 2 nitrogen and oxygen atoms in total. The lowest BCUT2D eigenvalue weighted by molar-refractivity contribution is 1.01. The van der Waals surface area contributed by atoms with Gasteiger partial charge in [0, 0.05) is 11.3 Å². The van der Waals surface area contributed by atoms with E-state index in [9.17, 15) is 0 Å². The average Bonchev–Trinajstić information content (AvgIpc) is 2.95. The van der Waals surface area contributed by atoms with Crippen LogP contribution in [0.4, 0.5) is 0 Å². The van der Waals surface area contributed by atoms with Gasteiger partial charge in [0.15, 0.2) is 4.34 Å². The van der Waals surface area contributed by atoms with Gasteiger partial charge in [-0.05, 0) is 11.6 Å². The lowest BCUT2D eigenvalue weighted by Gasteiger charge is -1.98. The zero-order chi connectivity index (χ0) is 13.8. The number of hydrogen-bond acceptors (Lipinski definition) is 4. The molecule has 20 heavy (non-hydrogen) atoms. The third-order valence-corrected chi connectivity index (χ3v) is 5.21. The number of rotatable bonds is 4. The van der Waals surface area contributed by atoms with Crippen molar-refractivity contribution in [1.29, 1.82) is 0 Å². The molecule has 3 aromatic rings. The summed E-state index contributed by atoms with van der Waals surface area (Å²) in [6.07, 6.45) is 0. The Morgan fingerprint density at radius 3 is 2.50 bits per heavy atom. The van der Waals surface area contributed by atoms with E-state index in [1.165, 1.54) is 5.56 Å². The third kappa shape index (κ3) is 3.20. The fourth-order valence-corrected chi connectivity index (χ4v) is 3.86. The first-order chi connectivity index (χ1) is 9.83. The second-order valence-electron chi connectivity index (χ2n) is 4.13. The minimum absolute atomic E-state index is 0.711. The predicted octanol–water partition coefficient (Wildman–Crippen LogP) is 5.15. The Balaban J connectivity index is 1.73. The summed E-state index contributed by atoms with van der Waals surface area (Å²) in [5.41, 5.74) is 2.23. The van der Waals surface area contributed by atoms with Gasteiger partial charge in [0.1, 0.15) is 5.01 Å². The van der Waals surface area contributed by atoms with Crippen molar-refractivity contribution in [2.24, 2.45) is 0 Å². The Morgan fingerprint density at radius 2 is 1.70 bits per heavy atom. The molecular weight excluding hydrogens is 308 g/mol. The highest BCUT2D eigenvalue weighted by molar-refractivity contribution is 8.00. The van der Waals surface area contributed by atoms with Crippen LogP contribution in [0.25, 0.3) is 10.6 Å². The molecule has 0 atom stereocenters. The summed E-state index contributed by atoms with van der Waals surface area (Å²) >= 11 is 9.45. The molecule has 0 aliphatic carbocycles. The molecule has 0 bridgehead atoms. The summed E-state index contributed by atoms with van der Waals surface area (Å²) < 4.78 is 0.962. The predicted molar refractivity (Wildman–Crippen MR) is 86.4 cm³/mol. The SMILES string of the molecule is Clc1ccccc1-c1nnc(SCc2ccccc2)s1. The molecule has 100 valence electrons. The van der Waals surface area contributed by atoms with Gasteiger partial charge < -0.3 is 0 Å². The van der Waals surface area contributed by atoms with Crippen LogP contribution in [0, 0.1) is 0 Å². The molecule has 0 fully saturated rings. The van der Waals surface area contributed by atoms with E-state index in [1.807, 2.05) is 42.5 Å². The number of benzene rings is 2. The zero-order valence-electron chi connectivity index (χ0n) is 10.5. The number of halogens is 1. The largest absolute Gasteiger partial charge is 0.174 e. The van der Waals surface area contributed by atoms with E-state index in [0.29, 0.717) is 5.02 Å². The average molecular weight is 319 g/mol. The summed E-state index contributed by atoms with van der Waals surface area (Å²) in [6.45, 7) is 0. The van der Waals surface area contributed by atoms with Crippen LogP contribution in [0.5, 0.6) is 0 Å². The number of thioether (sulfide) groups is 1. The van der Waals surface area contributed by atoms with Crippen molar-refractivity contribution in [3.63, 3.8) is 0 Å². The Morgan fingerprint density at radius 1 is 0.950 bits per heavy atom. The van der Waals surface area contributed by atoms with Crippen LogP contribution in [-0.4, -0.2) is 10.2 Å². The maximum Gasteiger partial charge on any atom is 0.174 e. The maximum atomic E-state index is 6.17. The molecule has 0 spiro atoms. The summed E-state index contributed by atoms with van der Waals surface area (Å²) in [5.74, 6) is 0.901. The lowest BCUT2D eigenvalue weighted by atomic mass is 10.2. The third-order valence-electron chi connectivity index (χ3n) is 2.72. The smallest absolute Gasteiger partial charge is 0.137 e. The number of aromatic nitrogens is 2. The van der Waals surface area contributed by atoms with Crippen LogP contribution in [0.15, 0.2) is 58.9 Å². The van der Waals surface area contributed by atoms with E-state index in [1.54, 1.807) is 23.1 Å². The van der Waals surface area contributed by atoms with Gasteiger partial charge in [-0.25, -0.2) is 0 Å². The molecule has 0 N–H and O–H groups in total. The van der Waals surface area contributed by atoms with Crippen molar-refractivity contribution >= 4 is 34.7 Å². The van der Waals surface area contributed by atoms with Crippen LogP contribution >= 0.6 is 34.7 Å². The molecule has 1 aromatic heterocycles. The van der Waals surface area contributed by atoms with E-state index in [4.69, 9.17) is 11.6 Å². The summed E-state index contributed by atoms with van der Waals surface area (Å²) in [4.78, 5) is 0. The van der Waals surface area contributed by atoms with Gasteiger partial charge in [-0.2, -0.15) is 0 Å². The minimum Gasteiger partial charge on any atom is -0.137 e. The monoisotopic (exact) mass is 318 g/mol. The van der Waals surface area contributed by atoms with Crippen molar-refractivity contribution < 1.29 is 0 Å². The molecule has 2 aromatic carbocycles. The molecule has 0 aliphatic heterocycles. The highest BCUT2D eigenvalue weighted by atomic mass is 35.5. The van der Waals surface area contributed by atoms with E-state index in [2.05, 4.69) is 22.3 Å². The van der Waals surface area contributed by atoms with Gasteiger partial charge in [0.2, 0.25) is 0 Å². The number of hydrogen-bond donors (Lipinski definition) is 0. The van der Waals surface area contributed by atoms with Crippen LogP contribution in [0.3, 0.4) is 0 Å². The second-order valence-corrected chi connectivity index (χ2v) is 6.73. The molecule has 0 radical (unpaired) electrons. The van der Waals surface area contributed by atoms with Crippen LogP contribution in [0.2, 0.25) is 5.02 Å². The zero-order valence-corrected chi connectivity index (χ0v) is 12.9. The van der Waals surface area contributed by atoms with E-state index in [0.717, 1.165) is 20.7 Å². The minimum atomic E-state index is 0.711. The van der Waals surface area contributed by atoms with Crippen LogP contribution in [-0.2, 0) is 5.75 Å². The standard InChI is InChI=1S/C15H11ClN2S2/c16-13-9-5-4-8-12(13)14-17-18-15(20-14)19-10-11-6-2-1-3-7-11/h1-9H,10H2. The summed E-state index contributed by atoms with van der Waals surface area (Å²) in [6, 6.07) is 18.1. The van der Waals surface area contributed by atoms with Crippen LogP contribution < -0.4 is 0 Å². The van der Waals surface area contributed by atoms with Crippen molar-refractivity contribution in [1.82, 2.24) is 10.2 Å². The second kappa shape index (κ2) is 6.39. The summed E-state index contributed by atoms with van der Waals surface area (Å²) in [7, 11) is 0. The highest BCUT2D eigenvalue weighted by Gasteiger charge is 2.09. The Bertz CT molecular complexity index is 698. The fraction of sp³-hybridized carbons (Fsp3) is 0.0667.